The van der Waals surface area contributed by atoms with E-state index in [9.17, 15) is 4.79 Å². The fourth-order valence-electron chi connectivity index (χ4n) is 3.08. The highest BCUT2D eigenvalue weighted by Gasteiger charge is 2.18. The van der Waals surface area contributed by atoms with Crippen LogP contribution < -0.4 is 14.2 Å². The van der Waals surface area contributed by atoms with Crippen LogP contribution in [0.25, 0.3) is 11.3 Å². The molecule has 0 unspecified atom stereocenters. The van der Waals surface area contributed by atoms with Crippen molar-refractivity contribution in [2.24, 2.45) is 0 Å². The maximum absolute atomic E-state index is 11.1. The van der Waals surface area contributed by atoms with Crippen LogP contribution in [0.4, 0.5) is 0 Å². The summed E-state index contributed by atoms with van der Waals surface area (Å²) in [6, 6.07) is 13.4. The molecule has 30 heavy (non-hydrogen) atoms. The number of methoxy groups -OCH3 is 3. The maximum Gasteiger partial charge on any atom is 0.302 e. The Morgan fingerprint density at radius 1 is 0.933 bits per heavy atom. The standard InChI is InChI=1S/C22H25N3O5/c1-15(26)30-10-9-21-22(17-11-19(28-3)13-20(12-17)29-4)25(24-23-21)14-16-5-7-18(27-2)8-6-16/h5-8,11-13H,9-10,14H2,1-4H3. The molecule has 8 nitrogen and oxygen atoms in total. The Morgan fingerprint density at radius 3 is 2.13 bits per heavy atom. The van der Waals surface area contributed by atoms with E-state index in [1.54, 1.807) is 27.4 Å². The van der Waals surface area contributed by atoms with Crippen molar-refractivity contribution in [1.82, 2.24) is 15.0 Å². The molecule has 0 aliphatic carbocycles. The molecule has 0 amide bonds. The van der Waals surface area contributed by atoms with Crippen LogP contribution in [0.15, 0.2) is 42.5 Å². The number of aromatic nitrogens is 3. The molecule has 0 saturated heterocycles. The lowest BCUT2D eigenvalue weighted by atomic mass is 10.1. The Labute approximate surface area is 175 Å². The highest BCUT2D eigenvalue weighted by Crippen LogP contribution is 2.32. The monoisotopic (exact) mass is 411 g/mol. The van der Waals surface area contributed by atoms with Gasteiger partial charge in [-0.2, -0.15) is 0 Å². The van der Waals surface area contributed by atoms with Gasteiger partial charge >= 0.3 is 5.97 Å². The van der Waals surface area contributed by atoms with Gasteiger partial charge in [0.2, 0.25) is 0 Å². The molecule has 0 radical (unpaired) electrons. The number of ether oxygens (including phenoxy) is 4. The van der Waals surface area contributed by atoms with E-state index in [1.807, 2.05) is 41.1 Å². The predicted octanol–water partition coefficient (Wildman–Crippen LogP) is 3.12. The van der Waals surface area contributed by atoms with Crippen LogP contribution in [0.5, 0.6) is 17.2 Å². The lowest BCUT2D eigenvalue weighted by Gasteiger charge is -2.12. The smallest absolute Gasteiger partial charge is 0.302 e. The van der Waals surface area contributed by atoms with Gasteiger partial charge in [-0.3, -0.25) is 4.79 Å². The Hall–Kier alpha value is -3.55. The molecule has 0 N–H and O–H groups in total. The second kappa shape index (κ2) is 9.78. The van der Waals surface area contributed by atoms with Crippen LogP contribution in [0.3, 0.4) is 0 Å². The minimum atomic E-state index is -0.328. The molecule has 0 spiro atoms. The van der Waals surface area contributed by atoms with Crippen molar-refractivity contribution in [3.05, 3.63) is 53.7 Å². The summed E-state index contributed by atoms with van der Waals surface area (Å²) in [4.78, 5) is 11.1. The Balaban J connectivity index is 2.00. The molecule has 0 aliphatic heterocycles. The molecule has 2 aromatic carbocycles. The summed E-state index contributed by atoms with van der Waals surface area (Å²) in [5.74, 6) is 1.78. The minimum absolute atomic E-state index is 0.227. The van der Waals surface area contributed by atoms with Crippen LogP contribution >= 0.6 is 0 Å². The number of carbonyl (C=O) groups excluding carboxylic acids is 1. The third-order valence-corrected chi connectivity index (χ3v) is 4.57. The molecule has 0 aliphatic rings. The molecule has 0 atom stereocenters. The van der Waals surface area contributed by atoms with Crippen molar-refractivity contribution in [3.8, 4) is 28.5 Å². The number of rotatable bonds is 9. The van der Waals surface area contributed by atoms with Gasteiger partial charge in [-0.05, 0) is 29.8 Å². The number of carbonyl (C=O) groups is 1. The van der Waals surface area contributed by atoms with Crippen molar-refractivity contribution >= 4 is 5.97 Å². The lowest BCUT2D eigenvalue weighted by molar-refractivity contribution is -0.140. The van der Waals surface area contributed by atoms with Crippen LogP contribution in [-0.4, -0.2) is 48.9 Å². The largest absolute Gasteiger partial charge is 0.497 e. The number of nitrogens with zero attached hydrogens (tertiary/aromatic N) is 3. The summed E-state index contributed by atoms with van der Waals surface area (Å²) in [7, 11) is 4.84. The average molecular weight is 411 g/mol. The van der Waals surface area contributed by atoms with Crippen molar-refractivity contribution in [1.29, 1.82) is 0 Å². The van der Waals surface area contributed by atoms with Gasteiger partial charge < -0.3 is 18.9 Å². The molecular weight excluding hydrogens is 386 g/mol. The molecular formula is C22H25N3O5. The van der Waals surface area contributed by atoms with Gasteiger partial charge in [-0.25, -0.2) is 4.68 Å². The second-order valence-electron chi connectivity index (χ2n) is 6.58. The van der Waals surface area contributed by atoms with Crippen LogP contribution in [0.1, 0.15) is 18.2 Å². The quantitative estimate of drug-likeness (QED) is 0.500. The van der Waals surface area contributed by atoms with Crippen molar-refractivity contribution in [2.45, 2.75) is 19.9 Å². The molecule has 3 aromatic rings. The third kappa shape index (κ3) is 5.08. The fraction of sp³-hybridized carbons (Fsp3) is 0.318. The molecule has 0 fully saturated rings. The second-order valence-corrected chi connectivity index (χ2v) is 6.58. The van der Waals surface area contributed by atoms with Gasteiger partial charge in [-0.15, -0.1) is 5.10 Å². The molecule has 1 heterocycles. The lowest BCUT2D eigenvalue weighted by Crippen LogP contribution is -2.07. The van der Waals surface area contributed by atoms with Gasteiger partial charge in [0.15, 0.2) is 0 Å². The zero-order valence-corrected chi connectivity index (χ0v) is 17.5. The van der Waals surface area contributed by atoms with E-state index in [4.69, 9.17) is 18.9 Å². The van der Waals surface area contributed by atoms with Gasteiger partial charge in [0, 0.05) is 25.0 Å². The summed E-state index contributed by atoms with van der Waals surface area (Å²) in [6.45, 7) is 2.12. The summed E-state index contributed by atoms with van der Waals surface area (Å²) in [5.41, 5.74) is 3.43. The first kappa shape index (κ1) is 21.2. The first-order valence-corrected chi connectivity index (χ1v) is 9.46. The van der Waals surface area contributed by atoms with E-state index < -0.39 is 0 Å². The van der Waals surface area contributed by atoms with Crippen molar-refractivity contribution in [3.63, 3.8) is 0 Å². The Kier molecular flexibility index (Phi) is 6.90. The SMILES string of the molecule is COc1ccc(Cn2nnc(CCOC(C)=O)c2-c2cc(OC)cc(OC)c2)cc1. The number of esters is 1. The Bertz CT molecular complexity index is 976. The van der Waals surface area contributed by atoms with Crippen LogP contribution in [0, 0.1) is 0 Å². The van der Waals surface area contributed by atoms with E-state index in [-0.39, 0.29) is 12.6 Å². The zero-order chi connectivity index (χ0) is 21.5. The van der Waals surface area contributed by atoms with E-state index >= 15 is 0 Å². The summed E-state index contributed by atoms with van der Waals surface area (Å²) >= 11 is 0. The van der Waals surface area contributed by atoms with E-state index in [1.165, 1.54) is 6.92 Å². The van der Waals surface area contributed by atoms with Crippen LogP contribution in [-0.2, 0) is 22.5 Å². The molecule has 8 heteroatoms. The number of hydrogen-bond acceptors (Lipinski definition) is 7. The highest BCUT2D eigenvalue weighted by atomic mass is 16.5. The molecule has 1 aromatic heterocycles. The third-order valence-electron chi connectivity index (χ3n) is 4.57. The fourth-order valence-corrected chi connectivity index (χ4v) is 3.08. The summed E-state index contributed by atoms with van der Waals surface area (Å²) in [6.07, 6.45) is 0.442. The number of benzene rings is 2. The topological polar surface area (TPSA) is 84.7 Å². The van der Waals surface area contributed by atoms with E-state index in [0.29, 0.717) is 24.5 Å². The van der Waals surface area contributed by atoms with Crippen LogP contribution in [0.2, 0.25) is 0 Å². The van der Waals surface area contributed by atoms with Gasteiger partial charge in [0.25, 0.3) is 0 Å². The summed E-state index contributed by atoms with van der Waals surface area (Å²) < 4.78 is 23.0. The van der Waals surface area contributed by atoms with Gasteiger partial charge in [0.1, 0.15) is 17.2 Å². The first-order valence-electron chi connectivity index (χ1n) is 9.46. The summed E-state index contributed by atoms with van der Waals surface area (Å²) in [5, 5.41) is 8.70. The maximum atomic E-state index is 11.1. The van der Waals surface area contributed by atoms with Crippen molar-refractivity contribution in [2.75, 3.05) is 27.9 Å². The van der Waals surface area contributed by atoms with Crippen molar-refractivity contribution < 1.29 is 23.7 Å². The van der Waals surface area contributed by atoms with Gasteiger partial charge in [0.05, 0.1) is 45.9 Å². The molecule has 0 bridgehead atoms. The number of hydrogen-bond donors (Lipinski definition) is 0. The highest BCUT2D eigenvalue weighted by molar-refractivity contribution is 5.67. The predicted molar refractivity (Wildman–Crippen MR) is 111 cm³/mol. The average Bonchev–Trinajstić information content (AvgIpc) is 3.15. The molecule has 3 rings (SSSR count). The minimum Gasteiger partial charge on any atom is -0.497 e. The Morgan fingerprint density at radius 2 is 1.57 bits per heavy atom. The normalized spacial score (nSPS) is 10.5. The molecule has 0 saturated carbocycles. The van der Waals surface area contributed by atoms with Gasteiger partial charge in [-0.1, -0.05) is 17.3 Å². The zero-order valence-electron chi connectivity index (χ0n) is 17.5. The van der Waals surface area contributed by atoms with E-state index in [2.05, 4.69) is 10.3 Å². The van der Waals surface area contributed by atoms with E-state index in [0.717, 1.165) is 28.3 Å². The molecule has 158 valence electrons. The first-order chi connectivity index (χ1) is 14.5.